The van der Waals surface area contributed by atoms with Crippen LogP contribution < -0.4 is 6.15 Å². The van der Waals surface area contributed by atoms with Gasteiger partial charge in [0, 0.05) is 12.5 Å². The number of carboxylic acid groups (broad SMARTS) is 1. The fourth-order valence-corrected chi connectivity index (χ4v) is 0.296. The molecule has 0 aromatic heterocycles. The summed E-state index contributed by atoms with van der Waals surface area (Å²) in [5.74, 6) is -1.05. The summed E-state index contributed by atoms with van der Waals surface area (Å²) in [5.41, 5.74) is 0. The van der Waals surface area contributed by atoms with Gasteiger partial charge in [0.1, 0.15) is 0 Å². The van der Waals surface area contributed by atoms with Crippen LogP contribution in [0, 0.1) is 0 Å². The Hall–Kier alpha value is -1.29. The second kappa shape index (κ2) is 5.84. The van der Waals surface area contributed by atoms with Crippen molar-refractivity contribution in [1.82, 2.24) is 6.15 Å². The molecule has 0 aliphatic rings. The van der Waals surface area contributed by atoms with E-state index in [0.717, 1.165) is 6.08 Å². The summed E-state index contributed by atoms with van der Waals surface area (Å²) in [4.78, 5) is 9.78. The Morgan fingerprint density at radius 3 is 2.30 bits per heavy atom. The number of carboxylic acids is 1. The topological polar surface area (TPSA) is 92.5 Å². The van der Waals surface area contributed by atoms with Gasteiger partial charge in [0.25, 0.3) is 0 Å². The number of aliphatic carboxylic acids is 1. The van der Waals surface area contributed by atoms with E-state index in [1.165, 1.54) is 6.08 Å². The molecule has 0 aliphatic heterocycles. The van der Waals surface area contributed by atoms with Crippen LogP contribution in [0.1, 0.15) is 6.42 Å². The Kier molecular flexibility index (Phi) is 6.72. The first-order valence-corrected chi connectivity index (χ1v) is 2.39. The van der Waals surface area contributed by atoms with Crippen LogP contribution in [0.25, 0.3) is 0 Å². The van der Waals surface area contributed by atoms with Crippen molar-refractivity contribution in [3.05, 3.63) is 24.5 Å². The van der Waals surface area contributed by atoms with Crippen molar-refractivity contribution in [3.63, 3.8) is 0 Å². The molecule has 0 amide bonds. The number of hydrogen-bond donors (Lipinski definition) is 3. The zero-order valence-electron chi connectivity index (χ0n) is 5.58. The Balaban J connectivity index is 0. The van der Waals surface area contributed by atoms with Gasteiger partial charge in [-0.15, -0.1) is 0 Å². The van der Waals surface area contributed by atoms with Gasteiger partial charge in [0.15, 0.2) is 0 Å². The van der Waals surface area contributed by atoms with Crippen LogP contribution in [0.15, 0.2) is 24.5 Å². The SMILES string of the molecule is C=C(O)C/C=C/C(=O)O.N. The predicted molar refractivity (Wildman–Crippen MR) is 38.2 cm³/mol. The van der Waals surface area contributed by atoms with Crippen LogP contribution in [0.5, 0.6) is 0 Å². The molecular formula is C6H11NO3. The summed E-state index contributed by atoms with van der Waals surface area (Å²) >= 11 is 0. The lowest BCUT2D eigenvalue weighted by Crippen LogP contribution is -1.85. The first-order valence-electron chi connectivity index (χ1n) is 2.39. The number of carbonyl (C=O) groups is 1. The standard InChI is InChI=1S/C6H8O3.H3N/c1-5(7)3-2-4-6(8)9;/h2,4,7H,1,3H2,(H,8,9);1H3/b4-2+;. The fraction of sp³-hybridized carbons (Fsp3) is 0.167. The van der Waals surface area contributed by atoms with E-state index in [2.05, 4.69) is 6.58 Å². The predicted octanol–water partition coefficient (Wildman–Crippen LogP) is 1.25. The summed E-state index contributed by atoms with van der Waals surface area (Å²) in [5, 5.41) is 16.5. The van der Waals surface area contributed by atoms with Crippen LogP contribution in [-0.2, 0) is 4.79 Å². The first-order chi connectivity index (χ1) is 4.13. The molecular weight excluding hydrogens is 134 g/mol. The molecule has 0 rings (SSSR count). The molecule has 0 unspecified atom stereocenters. The minimum Gasteiger partial charge on any atom is -0.513 e. The molecule has 10 heavy (non-hydrogen) atoms. The van der Waals surface area contributed by atoms with Crippen LogP contribution in [0.3, 0.4) is 0 Å². The molecule has 0 aromatic rings. The largest absolute Gasteiger partial charge is 0.513 e. The Morgan fingerprint density at radius 1 is 1.50 bits per heavy atom. The van der Waals surface area contributed by atoms with Crippen LogP contribution in [0.2, 0.25) is 0 Å². The molecule has 0 aromatic carbocycles. The van der Waals surface area contributed by atoms with Crippen molar-refractivity contribution in [2.45, 2.75) is 6.42 Å². The van der Waals surface area contributed by atoms with Crippen molar-refractivity contribution in [2.24, 2.45) is 0 Å². The van der Waals surface area contributed by atoms with Gasteiger partial charge in [0.2, 0.25) is 0 Å². The molecule has 0 saturated carbocycles. The lowest BCUT2D eigenvalue weighted by atomic mass is 10.3. The third-order valence-corrected chi connectivity index (χ3v) is 0.614. The van der Waals surface area contributed by atoms with E-state index >= 15 is 0 Å². The number of aliphatic hydroxyl groups excluding tert-OH is 1. The van der Waals surface area contributed by atoms with E-state index in [4.69, 9.17) is 10.2 Å². The third-order valence-electron chi connectivity index (χ3n) is 0.614. The highest BCUT2D eigenvalue weighted by molar-refractivity contribution is 5.79. The number of allylic oxidation sites excluding steroid dienone is 1. The smallest absolute Gasteiger partial charge is 0.327 e. The first kappa shape index (κ1) is 11.5. The van der Waals surface area contributed by atoms with Gasteiger partial charge in [-0.05, 0) is 0 Å². The maximum atomic E-state index is 9.78. The second-order valence-electron chi connectivity index (χ2n) is 1.51. The Bertz CT molecular complexity index is 151. The van der Waals surface area contributed by atoms with Gasteiger partial charge >= 0.3 is 5.97 Å². The van der Waals surface area contributed by atoms with Crippen LogP contribution in [-0.4, -0.2) is 16.2 Å². The Morgan fingerprint density at radius 2 is 2.00 bits per heavy atom. The Labute approximate surface area is 59.1 Å². The van der Waals surface area contributed by atoms with E-state index in [9.17, 15) is 4.79 Å². The van der Waals surface area contributed by atoms with Crippen molar-refractivity contribution in [3.8, 4) is 0 Å². The van der Waals surface area contributed by atoms with Gasteiger partial charge < -0.3 is 16.4 Å². The second-order valence-corrected chi connectivity index (χ2v) is 1.51. The molecule has 5 N–H and O–H groups in total. The molecule has 58 valence electrons. The highest BCUT2D eigenvalue weighted by Crippen LogP contribution is 1.91. The lowest BCUT2D eigenvalue weighted by Gasteiger charge is -1.85. The fourth-order valence-electron chi connectivity index (χ4n) is 0.296. The van der Waals surface area contributed by atoms with Crippen molar-refractivity contribution in [2.75, 3.05) is 0 Å². The lowest BCUT2D eigenvalue weighted by molar-refractivity contribution is -0.131. The normalized spacial score (nSPS) is 8.80. The maximum Gasteiger partial charge on any atom is 0.327 e. The molecule has 0 atom stereocenters. The van der Waals surface area contributed by atoms with Crippen molar-refractivity contribution < 1.29 is 15.0 Å². The number of aliphatic hydroxyl groups is 1. The van der Waals surface area contributed by atoms with E-state index in [-0.39, 0.29) is 18.3 Å². The third kappa shape index (κ3) is 9.86. The average Bonchev–Trinajstić information content (AvgIpc) is 1.63. The monoisotopic (exact) mass is 145 g/mol. The molecule has 0 saturated heterocycles. The van der Waals surface area contributed by atoms with Crippen molar-refractivity contribution in [1.29, 1.82) is 0 Å². The summed E-state index contributed by atoms with van der Waals surface area (Å²) < 4.78 is 0. The van der Waals surface area contributed by atoms with Gasteiger partial charge in [-0.25, -0.2) is 4.79 Å². The molecule has 0 aliphatic carbocycles. The highest BCUT2D eigenvalue weighted by Gasteiger charge is 1.85. The molecule has 0 heterocycles. The van der Waals surface area contributed by atoms with Crippen LogP contribution >= 0.6 is 0 Å². The van der Waals surface area contributed by atoms with Gasteiger partial charge in [0.05, 0.1) is 5.76 Å². The zero-order valence-corrected chi connectivity index (χ0v) is 5.58. The minimum absolute atomic E-state index is 0. The summed E-state index contributed by atoms with van der Waals surface area (Å²) in [6.07, 6.45) is 2.48. The zero-order chi connectivity index (χ0) is 7.28. The molecule has 4 heteroatoms. The van der Waals surface area contributed by atoms with Gasteiger partial charge in [-0.3, -0.25) is 0 Å². The average molecular weight is 145 g/mol. The van der Waals surface area contributed by atoms with E-state index in [1.807, 2.05) is 0 Å². The minimum atomic E-state index is -1.02. The van der Waals surface area contributed by atoms with Crippen LogP contribution in [0.4, 0.5) is 0 Å². The van der Waals surface area contributed by atoms with E-state index in [0.29, 0.717) is 0 Å². The number of hydrogen-bond acceptors (Lipinski definition) is 3. The van der Waals surface area contributed by atoms with Gasteiger partial charge in [-0.1, -0.05) is 12.7 Å². The quantitative estimate of drug-likeness (QED) is 0.411. The molecule has 0 bridgehead atoms. The highest BCUT2D eigenvalue weighted by atomic mass is 16.4. The summed E-state index contributed by atoms with van der Waals surface area (Å²) in [6, 6.07) is 0. The van der Waals surface area contributed by atoms with Crippen molar-refractivity contribution >= 4 is 5.97 Å². The summed E-state index contributed by atoms with van der Waals surface area (Å²) in [6.45, 7) is 3.16. The van der Waals surface area contributed by atoms with E-state index < -0.39 is 5.97 Å². The number of rotatable bonds is 3. The molecule has 0 radical (unpaired) electrons. The summed E-state index contributed by atoms with van der Waals surface area (Å²) in [7, 11) is 0. The maximum absolute atomic E-state index is 9.78. The van der Waals surface area contributed by atoms with Gasteiger partial charge in [-0.2, -0.15) is 0 Å². The van der Waals surface area contributed by atoms with E-state index in [1.54, 1.807) is 0 Å². The molecule has 0 fully saturated rings. The molecule has 0 spiro atoms. The molecule has 4 nitrogen and oxygen atoms in total.